The highest BCUT2D eigenvalue weighted by molar-refractivity contribution is 5.30. The Morgan fingerprint density at radius 2 is 1.82 bits per heavy atom. The predicted octanol–water partition coefficient (Wildman–Crippen LogP) is 4.60. The highest BCUT2D eigenvalue weighted by atomic mass is 19.1. The summed E-state index contributed by atoms with van der Waals surface area (Å²) < 4.78 is 32.2. The number of hydrogen-bond donors (Lipinski definition) is 1. The summed E-state index contributed by atoms with van der Waals surface area (Å²) in [5, 5.41) is 3.24. The van der Waals surface area contributed by atoms with E-state index in [1.54, 1.807) is 0 Å². The van der Waals surface area contributed by atoms with Crippen molar-refractivity contribution < 1.29 is 13.5 Å². The lowest BCUT2D eigenvalue weighted by atomic mass is 10.1. The average Bonchev–Trinajstić information content (AvgIpc) is 2.45. The first-order valence-corrected chi connectivity index (χ1v) is 7.39. The second-order valence-corrected chi connectivity index (χ2v) is 5.58. The van der Waals surface area contributed by atoms with Gasteiger partial charge in [0.2, 0.25) is 0 Å². The number of benzene rings is 2. The Morgan fingerprint density at radius 3 is 2.50 bits per heavy atom. The molecule has 1 N–H and O–H groups in total. The van der Waals surface area contributed by atoms with Crippen LogP contribution >= 0.6 is 0 Å². The van der Waals surface area contributed by atoms with Crippen molar-refractivity contribution >= 4 is 0 Å². The van der Waals surface area contributed by atoms with E-state index in [4.69, 9.17) is 4.74 Å². The molecule has 0 heterocycles. The van der Waals surface area contributed by atoms with E-state index in [2.05, 4.69) is 5.32 Å². The first kappa shape index (κ1) is 16.4. The van der Waals surface area contributed by atoms with Crippen LogP contribution in [-0.4, -0.2) is 6.10 Å². The highest BCUT2D eigenvalue weighted by Crippen LogP contribution is 2.20. The maximum absolute atomic E-state index is 13.6. The first-order chi connectivity index (χ1) is 10.5. The third-order valence-electron chi connectivity index (χ3n) is 3.34. The van der Waals surface area contributed by atoms with E-state index in [9.17, 15) is 8.78 Å². The fraction of sp³-hybridized carbons (Fsp3) is 0.333. The van der Waals surface area contributed by atoms with Crippen LogP contribution in [0.15, 0.2) is 42.5 Å². The summed E-state index contributed by atoms with van der Waals surface area (Å²) in [4.78, 5) is 0. The van der Waals surface area contributed by atoms with Crippen molar-refractivity contribution in [2.45, 2.75) is 39.5 Å². The summed E-state index contributed by atoms with van der Waals surface area (Å²) in [7, 11) is 0. The fourth-order valence-corrected chi connectivity index (χ4v) is 2.18. The maximum atomic E-state index is 13.6. The van der Waals surface area contributed by atoms with E-state index in [0.717, 1.165) is 17.4 Å². The Bertz CT molecular complexity index is 628. The molecule has 22 heavy (non-hydrogen) atoms. The standard InChI is InChI=1S/C18H21F2NO/c1-12(2)22-17-6-4-5-14(9-17)13(3)21-11-15-7-8-16(19)10-18(15)20/h4-10,12-13,21H,11H2,1-3H3. The van der Waals surface area contributed by atoms with Gasteiger partial charge in [0, 0.05) is 24.2 Å². The molecule has 0 aliphatic carbocycles. The number of rotatable bonds is 6. The summed E-state index contributed by atoms with van der Waals surface area (Å²) in [6, 6.07) is 11.5. The molecule has 0 spiro atoms. The molecule has 0 aromatic heterocycles. The monoisotopic (exact) mass is 305 g/mol. The maximum Gasteiger partial charge on any atom is 0.130 e. The van der Waals surface area contributed by atoms with Gasteiger partial charge in [-0.05, 0) is 44.5 Å². The number of halogens is 2. The summed E-state index contributed by atoms with van der Waals surface area (Å²) in [6.45, 7) is 6.29. The molecular formula is C18H21F2NO. The normalized spacial score (nSPS) is 12.5. The number of ether oxygens (including phenoxy) is 1. The lowest BCUT2D eigenvalue weighted by Gasteiger charge is -2.17. The van der Waals surface area contributed by atoms with Gasteiger partial charge in [0.05, 0.1) is 6.10 Å². The van der Waals surface area contributed by atoms with Crippen LogP contribution in [0.2, 0.25) is 0 Å². The Morgan fingerprint density at radius 1 is 1.05 bits per heavy atom. The van der Waals surface area contributed by atoms with Gasteiger partial charge in [-0.1, -0.05) is 18.2 Å². The molecule has 0 fully saturated rings. The molecule has 0 amide bonds. The van der Waals surface area contributed by atoms with Gasteiger partial charge in [0.25, 0.3) is 0 Å². The van der Waals surface area contributed by atoms with Crippen molar-refractivity contribution in [3.8, 4) is 5.75 Å². The molecule has 4 heteroatoms. The van der Waals surface area contributed by atoms with Gasteiger partial charge in [-0.25, -0.2) is 8.78 Å². The van der Waals surface area contributed by atoms with Gasteiger partial charge in [0.1, 0.15) is 17.4 Å². The summed E-state index contributed by atoms with van der Waals surface area (Å²) in [5.41, 5.74) is 1.50. The summed E-state index contributed by atoms with van der Waals surface area (Å²) in [5.74, 6) is -0.279. The topological polar surface area (TPSA) is 21.3 Å². The molecule has 0 saturated carbocycles. The van der Waals surface area contributed by atoms with Crippen molar-refractivity contribution in [2.75, 3.05) is 0 Å². The molecule has 0 aliphatic heterocycles. The van der Waals surface area contributed by atoms with Crippen molar-refractivity contribution in [3.63, 3.8) is 0 Å². The predicted molar refractivity (Wildman–Crippen MR) is 83.8 cm³/mol. The lowest BCUT2D eigenvalue weighted by molar-refractivity contribution is 0.242. The van der Waals surface area contributed by atoms with Gasteiger partial charge < -0.3 is 10.1 Å². The third kappa shape index (κ3) is 4.53. The average molecular weight is 305 g/mol. The molecule has 2 rings (SSSR count). The second kappa shape index (κ2) is 7.36. The van der Waals surface area contributed by atoms with Crippen molar-refractivity contribution in [2.24, 2.45) is 0 Å². The molecule has 0 radical (unpaired) electrons. The molecule has 2 aromatic rings. The van der Waals surface area contributed by atoms with Crippen LogP contribution in [0.25, 0.3) is 0 Å². The molecule has 0 saturated heterocycles. The molecule has 0 bridgehead atoms. The molecule has 1 unspecified atom stereocenters. The Labute approximate surface area is 130 Å². The zero-order chi connectivity index (χ0) is 16.1. The largest absolute Gasteiger partial charge is 0.491 e. The number of nitrogens with one attached hydrogen (secondary N) is 1. The van der Waals surface area contributed by atoms with Crippen molar-refractivity contribution in [1.29, 1.82) is 0 Å². The van der Waals surface area contributed by atoms with Gasteiger partial charge >= 0.3 is 0 Å². The molecule has 118 valence electrons. The minimum Gasteiger partial charge on any atom is -0.491 e. The Kier molecular flexibility index (Phi) is 5.50. The zero-order valence-corrected chi connectivity index (χ0v) is 13.1. The SMILES string of the molecule is CC(C)Oc1cccc(C(C)NCc2ccc(F)cc2F)c1. The fourth-order valence-electron chi connectivity index (χ4n) is 2.18. The Balaban J connectivity index is 2.01. The van der Waals surface area contributed by atoms with Gasteiger partial charge in [-0.3, -0.25) is 0 Å². The quantitative estimate of drug-likeness (QED) is 0.842. The lowest BCUT2D eigenvalue weighted by Crippen LogP contribution is -2.19. The zero-order valence-electron chi connectivity index (χ0n) is 13.1. The molecule has 2 aromatic carbocycles. The molecule has 2 nitrogen and oxygen atoms in total. The number of hydrogen-bond acceptors (Lipinski definition) is 2. The van der Waals surface area contributed by atoms with Crippen molar-refractivity contribution in [1.82, 2.24) is 5.32 Å². The smallest absolute Gasteiger partial charge is 0.130 e. The first-order valence-electron chi connectivity index (χ1n) is 7.39. The summed E-state index contributed by atoms with van der Waals surface area (Å²) in [6.07, 6.45) is 0.117. The Hall–Kier alpha value is -1.94. The molecule has 1 atom stereocenters. The van der Waals surface area contributed by atoms with Crippen LogP contribution in [0.4, 0.5) is 8.78 Å². The van der Waals surface area contributed by atoms with E-state index in [-0.39, 0.29) is 12.1 Å². The van der Waals surface area contributed by atoms with Crippen molar-refractivity contribution in [3.05, 3.63) is 65.2 Å². The van der Waals surface area contributed by atoms with E-state index in [1.165, 1.54) is 12.1 Å². The minimum absolute atomic E-state index is 0.0279. The van der Waals surface area contributed by atoms with Gasteiger partial charge in [-0.2, -0.15) is 0 Å². The molecular weight excluding hydrogens is 284 g/mol. The summed E-state index contributed by atoms with van der Waals surface area (Å²) >= 11 is 0. The molecule has 0 aliphatic rings. The van der Waals surface area contributed by atoms with Gasteiger partial charge in [-0.15, -0.1) is 0 Å². The van der Waals surface area contributed by atoms with Crippen LogP contribution in [0.3, 0.4) is 0 Å². The minimum atomic E-state index is -0.562. The second-order valence-electron chi connectivity index (χ2n) is 5.58. The van der Waals surface area contributed by atoms with Crippen LogP contribution in [-0.2, 0) is 6.54 Å². The van der Waals surface area contributed by atoms with Crippen LogP contribution in [0.1, 0.15) is 37.9 Å². The van der Waals surface area contributed by atoms with E-state index in [1.807, 2.05) is 45.0 Å². The van der Waals surface area contributed by atoms with Gasteiger partial charge in [0.15, 0.2) is 0 Å². The van der Waals surface area contributed by atoms with E-state index >= 15 is 0 Å². The van der Waals surface area contributed by atoms with E-state index < -0.39 is 11.6 Å². The van der Waals surface area contributed by atoms with Crippen LogP contribution in [0.5, 0.6) is 5.75 Å². The van der Waals surface area contributed by atoms with E-state index in [0.29, 0.717) is 12.1 Å². The van der Waals surface area contributed by atoms with Crippen LogP contribution in [0, 0.1) is 11.6 Å². The third-order valence-corrected chi connectivity index (χ3v) is 3.34. The van der Waals surface area contributed by atoms with Crippen LogP contribution < -0.4 is 10.1 Å². The highest BCUT2D eigenvalue weighted by Gasteiger charge is 2.09.